The molecule has 0 aliphatic heterocycles. The van der Waals surface area contributed by atoms with E-state index in [4.69, 9.17) is 0 Å². The monoisotopic (exact) mass is 329 g/mol. The molecule has 5 heteroatoms. The van der Waals surface area contributed by atoms with Gasteiger partial charge in [0.25, 0.3) is 0 Å². The van der Waals surface area contributed by atoms with Crippen LogP contribution >= 0.6 is 31.9 Å². The lowest BCUT2D eigenvalue weighted by molar-refractivity contribution is 0.795. The SMILES string of the molecule is CC(Br)c1cn(-c2ccccc2Br)nn1. The van der Waals surface area contributed by atoms with Crippen LogP contribution in [0.3, 0.4) is 0 Å². The molecule has 0 spiro atoms. The van der Waals surface area contributed by atoms with Gasteiger partial charge in [-0.05, 0) is 35.0 Å². The molecular weight excluding hydrogens is 322 g/mol. The van der Waals surface area contributed by atoms with E-state index in [9.17, 15) is 0 Å². The Labute approximate surface area is 105 Å². The van der Waals surface area contributed by atoms with E-state index >= 15 is 0 Å². The van der Waals surface area contributed by atoms with Gasteiger partial charge in [-0.15, -0.1) is 5.10 Å². The molecule has 15 heavy (non-hydrogen) atoms. The second-order valence-corrected chi connectivity index (χ2v) is 5.38. The van der Waals surface area contributed by atoms with Crippen LogP contribution < -0.4 is 0 Å². The van der Waals surface area contributed by atoms with Gasteiger partial charge < -0.3 is 0 Å². The van der Waals surface area contributed by atoms with Gasteiger partial charge in [0.15, 0.2) is 0 Å². The molecule has 1 aromatic heterocycles. The molecule has 0 fully saturated rings. The van der Waals surface area contributed by atoms with Crippen LogP contribution in [0.4, 0.5) is 0 Å². The molecule has 0 saturated heterocycles. The third-order valence-corrected chi connectivity index (χ3v) is 3.16. The van der Waals surface area contributed by atoms with Gasteiger partial charge in [-0.1, -0.05) is 33.3 Å². The van der Waals surface area contributed by atoms with E-state index in [1.165, 1.54) is 0 Å². The van der Waals surface area contributed by atoms with Crippen LogP contribution in [0.15, 0.2) is 34.9 Å². The predicted octanol–water partition coefficient (Wildman–Crippen LogP) is 3.49. The molecule has 0 bridgehead atoms. The molecule has 78 valence electrons. The van der Waals surface area contributed by atoms with Gasteiger partial charge in [-0.2, -0.15) is 0 Å². The van der Waals surface area contributed by atoms with Crippen molar-refractivity contribution in [3.05, 3.63) is 40.6 Å². The van der Waals surface area contributed by atoms with E-state index in [2.05, 4.69) is 42.2 Å². The van der Waals surface area contributed by atoms with E-state index in [-0.39, 0.29) is 4.83 Å². The van der Waals surface area contributed by atoms with Crippen molar-refractivity contribution in [2.24, 2.45) is 0 Å². The summed E-state index contributed by atoms with van der Waals surface area (Å²) in [7, 11) is 0. The summed E-state index contributed by atoms with van der Waals surface area (Å²) >= 11 is 6.94. The summed E-state index contributed by atoms with van der Waals surface area (Å²) < 4.78 is 2.76. The van der Waals surface area contributed by atoms with Gasteiger partial charge in [0.1, 0.15) is 0 Å². The van der Waals surface area contributed by atoms with Crippen LogP contribution in [-0.2, 0) is 0 Å². The highest BCUT2D eigenvalue weighted by Crippen LogP contribution is 2.23. The summed E-state index contributed by atoms with van der Waals surface area (Å²) in [4.78, 5) is 0.216. The van der Waals surface area contributed by atoms with E-state index in [0.29, 0.717) is 0 Å². The first kappa shape index (κ1) is 10.8. The maximum absolute atomic E-state index is 4.08. The molecule has 1 atom stereocenters. The normalized spacial score (nSPS) is 12.7. The number of halogens is 2. The highest BCUT2D eigenvalue weighted by molar-refractivity contribution is 9.10. The largest absolute Gasteiger partial charge is 0.219 e. The predicted molar refractivity (Wildman–Crippen MR) is 66.4 cm³/mol. The molecule has 0 aliphatic carbocycles. The standard InChI is InChI=1S/C10H9Br2N3/c1-7(11)9-6-15(14-13-9)10-5-3-2-4-8(10)12/h2-7H,1H3. The Kier molecular flexibility index (Phi) is 3.21. The van der Waals surface area contributed by atoms with Gasteiger partial charge in [0.2, 0.25) is 0 Å². The van der Waals surface area contributed by atoms with Crippen molar-refractivity contribution >= 4 is 31.9 Å². The summed E-state index contributed by atoms with van der Waals surface area (Å²) in [5.41, 5.74) is 1.91. The smallest absolute Gasteiger partial charge is 0.0965 e. The fourth-order valence-electron chi connectivity index (χ4n) is 1.21. The molecule has 2 aromatic rings. The van der Waals surface area contributed by atoms with Crippen molar-refractivity contribution in [3.8, 4) is 5.69 Å². The average molecular weight is 331 g/mol. The molecule has 0 radical (unpaired) electrons. The van der Waals surface area contributed by atoms with Gasteiger partial charge in [0, 0.05) is 4.47 Å². The van der Waals surface area contributed by atoms with Crippen molar-refractivity contribution in [1.29, 1.82) is 0 Å². The first-order valence-corrected chi connectivity index (χ1v) is 6.20. The van der Waals surface area contributed by atoms with E-state index < -0.39 is 0 Å². The zero-order chi connectivity index (χ0) is 10.8. The molecule has 3 nitrogen and oxygen atoms in total. The van der Waals surface area contributed by atoms with Gasteiger partial charge >= 0.3 is 0 Å². The van der Waals surface area contributed by atoms with Crippen molar-refractivity contribution in [2.75, 3.05) is 0 Å². The van der Waals surface area contributed by atoms with Crippen molar-refractivity contribution in [3.63, 3.8) is 0 Å². The minimum Gasteiger partial charge on any atom is -0.219 e. The Morgan fingerprint density at radius 1 is 1.33 bits per heavy atom. The number of benzene rings is 1. The van der Waals surface area contributed by atoms with E-state index in [0.717, 1.165) is 15.9 Å². The molecule has 0 amide bonds. The second kappa shape index (κ2) is 4.45. The Hall–Kier alpha value is -0.680. The zero-order valence-corrected chi connectivity index (χ0v) is 11.2. The third-order valence-electron chi connectivity index (χ3n) is 2.02. The molecule has 0 aliphatic rings. The summed E-state index contributed by atoms with van der Waals surface area (Å²) in [6.07, 6.45) is 1.92. The van der Waals surface area contributed by atoms with Crippen LogP contribution in [0.5, 0.6) is 0 Å². The summed E-state index contributed by atoms with van der Waals surface area (Å²) in [6, 6.07) is 7.91. The van der Waals surface area contributed by atoms with Crippen LogP contribution in [0, 0.1) is 0 Å². The van der Waals surface area contributed by atoms with Gasteiger partial charge in [-0.3, -0.25) is 0 Å². The number of rotatable bonds is 2. The topological polar surface area (TPSA) is 30.7 Å². The molecule has 0 N–H and O–H groups in total. The Bertz CT molecular complexity index is 465. The lowest BCUT2D eigenvalue weighted by Crippen LogP contribution is -1.95. The third kappa shape index (κ3) is 2.29. The minimum absolute atomic E-state index is 0.216. The number of aromatic nitrogens is 3. The number of hydrogen-bond acceptors (Lipinski definition) is 2. The van der Waals surface area contributed by atoms with Gasteiger partial charge in [-0.25, -0.2) is 4.68 Å². The lowest BCUT2D eigenvalue weighted by atomic mass is 10.3. The first-order chi connectivity index (χ1) is 7.18. The average Bonchev–Trinajstić information content (AvgIpc) is 2.67. The summed E-state index contributed by atoms with van der Waals surface area (Å²) in [6.45, 7) is 2.02. The molecule has 1 aromatic carbocycles. The fourth-order valence-corrected chi connectivity index (χ4v) is 1.89. The Balaban J connectivity index is 2.42. The number of hydrogen-bond donors (Lipinski definition) is 0. The molecule has 0 saturated carbocycles. The van der Waals surface area contributed by atoms with Crippen LogP contribution in [0.1, 0.15) is 17.4 Å². The highest BCUT2D eigenvalue weighted by atomic mass is 79.9. The first-order valence-electron chi connectivity index (χ1n) is 4.49. The number of para-hydroxylation sites is 1. The minimum atomic E-state index is 0.216. The van der Waals surface area contributed by atoms with Gasteiger partial charge in [0.05, 0.1) is 22.4 Å². The van der Waals surface area contributed by atoms with Crippen LogP contribution in [0.25, 0.3) is 5.69 Å². The number of nitrogens with zero attached hydrogens (tertiary/aromatic N) is 3. The van der Waals surface area contributed by atoms with E-state index in [1.54, 1.807) is 4.68 Å². The van der Waals surface area contributed by atoms with Crippen molar-refractivity contribution in [2.45, 2.75) is 11.8 Å². The maximum atomic E-state index is 4.08. The fraction of sp³-hybridized carbons (Fsp3) is 0.200. The Morgan fingerprint density at radius 2 is 2.07 bits per heavy atom. The van der Waals surface area contributed by atoms with Crippen LogP contribution in [0.2, 0.25) is 0 Å². The maximum Gasteiger partial charge on any atom is 0.0965 e. The Morgan fingerprint density at radius 3 is 2.67 bits per heavy atom. The van der Waals surface area contributed by atoms with Crippen molar-refractivity contribution < 1.29 is 0 Å². The quantitative estimate of drug-likeness (QED) is 0.789. The summed E-state index contributed by atoms with van der Waals surface area (Å²) in [5, 5.41) is 8.15. The molecule has 2 rings (SSSR count). The summed E-state index contributed by atoms with van der Waals surface area (Å²) in [5.74, 6) is 0. The number of alkyl halides is 1. The lowest BCUT2D eigenvalue weighted by Gasteiger charge is -2.01. The molecule has 1 unspecified atom stereocenters. The molecule has 1 heterocycles. The highest BCUT2D eigenvalue weighted by Gasteiger charge is 2.08. The van der Waals surface area contributed by atoms with E-state index in [1.807, 2.05) is 37.4 Å². The molecular formula is C10H9Br2N3. The van der Waals surface area contributed by atoms with Crippen molar-refractivity contribution in [1.82, 2.24) is 15.0 Å². The second-order valence-electron chi connectivity index (χ2n) is 3.16. The van der Waals surface area contributed by atoms with Crippen LogP contribution in [-0.4, -0.2) is 15.0 Å². The zero-order valence-electron chi connectivity index (χ0n) is 8.06.